The van der Waals surface area contributed by atoms with Gasteiger partial charge in [0.05, 0.1) is 19.8 Å². The van der Waals surface area contributed by atoms with Crippen molar-refractivity contribution in [2.75, 3.05) is 19.8 Å². The first-order valence-electron chi connectivity index (χ1n) is 6.05. The highest BCUT2D eigenvalue weighted by Gasteiger charge is 2.15. The quantitative estimate of drug-likeness (QED) is 0.461. The van der Waals surface area contributed by atoms with Crippen molar-refractivity contribution in [3.63, 3.8) is 0 Å². The molecule has 3 N–H and O–H groups in total. The van der Waals surface area contributed by atoms with Gasteiger partial charge in [-0.1, -0.05) is 12.1 Å². The van der Waals surface area contributed by atoms with E-state index in [0.717, 1.165) is 25.2 Å². The smallest absolute Gasteiger partial charge is 0.265 e. The molecule has 1 heterocycles. The molecule has 1 atom stereocenters. The molecule has 1 amide bonds. The summed E-state index contributed by atoms with van der Waals surface area (Å²) in [6.07, 6.45) is 1.07. The first kappa shape index (κ1) is 13.0. The second kappa shape index (κ2) is 6.49. The van der Waals surface area contributed by atoms with Gasteiger partial charge in [-0.3, -0.25) is 10.2 Å². The zero-order valence-corrected chi connectivity index (χ0v) is 10.2. The van der Waals surface area contributed by atoms with Gasteiger partial charge in [-0.25, -0.2) is 5.84 Å². The van der Waals surface area contributed by atoms with Crippen LogP contribution in [-0.4, -0.2) is 25.7 Å². The van der Waals surface area contributed by atoms with Gasteiger partial charge in [-0.05, 0) is 24.1 Å². The molecule has 1 aliphatic rings. The molecule has 0 aromatic heterocycles. The third-order valence-electron chi connectivity index (χ3n) is 2.97. The van der Waals surface area contributed by atoms with Gasteiger partial charge >= 0.3 is 0 Å². The highest BCUT2D eigenvalue weighted by Crippen LogP contribution is 2.14. The Balaban J connectivity index is 1.83. The van der Waals surface area contributed by atoms with Crippen LogP contribution in [0.2, 0.25) is 0 Å². The number of nitrogens with two attached hydrogens (primary N) is 1. The van der Waals surface area contributed by atoms with Crippen LogP contribution < -0.4 is 11.3 Å². The maximum atomic E-state index is 11.4. The zero-order valence-electron chi connectivity index (χ0n) is 10.2. The van der Waals surface area contributed by atoms with Crippen LogP contribution >= 0.6 is 0 Å². The topological polar surface area (TPSA) is 73.6 Å². The van der Waals surface area contributed by atoms with Crippen LogP contribution in [0.5, 0.6) is 0 Å². The lowest BCUT2D eigenvalue weighted by Crippen LogP contribution is -2.30. The number of nitrogen functional groups attached to an aromatic ring is 1. The SMILES string of the molecule is NNC(=O)c1cccc(COCC2CCOC2)c1. The van der Waals surface area contributed by atoms with Gasteiger partial charge in [-0.2, -0.15) is 0 Å². The van der Waals surface area contributed by atoms with Crippen LogP contribution in [0.3, 0.4) is 0 Å². The standard InChI is InChI=1S/C13H18N2O3/c14-15-13(16)12-3-1-2-10(6-12)7-18-9-11-4-5-17-8-11/h1-3,6,11H,4-5,7-9,14H2,(H,15,16). The van der Waals surface area contributed by atoms with E-state index in [-0.39, 0.29) is 5.91 Å². The predicted molar refractivity (Wildman–Crippen MR) is 66.7 cm³/mol. The summed E-state index contributed by atoms with van der Waals surface area (Å²) in [5.41, 5.74) is 3.62. The van der Waals surface area contributed by atoms with Crippen LogP contribution in [0.4, 0.5) is 0 Å². The van der Waals surface area contributed by atoms with E-state index < -0.39 is 0 Å². The molecule has 0 aliphatic carbocycles. The number of ether oxygens (including phenoxy) is 2. The molecule has 1 saturated heterocycles. The van der Waals surface area contributed by atoms with Crippen LogP contribution in [0.1, 0.15) is 22.3 Å². The Morgan fingerprint density at radius 2 is 2.44 bits per heavy atom. The van der Waals surface area contributed by atoms with Crippen molar-refractivity contribution in [2.24, 2.45) is 11.8 Å². The Morgan fingerprint density at radius 1 is 1.56 bits per heavy atom. The summed E-state index contributed by atoms with van der Waals surface area (Å²) in [7, 11) is 0. The number of rotatable bonds is 5. The minimum Gasteiger partial charge on any atom is -0.381 e. The maximum absolute atomic E-state index is 11.4. The average molecular weight is 250 g/mol. The molecule has 0 saturated carbocycles. The fraction of sp³-hybridized carbons (Fsp3) is 0.462. The molecule has 0 spiro atoms. The highest BCUT2D eigenvalue weighted by molar-refractivity contribution is 5.93. The first-order chi connectivity index (χ1) is 8.79. The number of hydrogen-bond acceptors (Lipinski definition) is 4. The fourth-order valence-electron chi connectivity index (χ4n) is 1.94. The molecule has 1 fully saturated rings. The van der Waals surface area contributed by atoms with Crippen molar-refractivity contribution in [3.8, 4) is 0 Å². The molecular formula is C13H18N2O3. The number of hydrazine groups is 1. The van der Waals surface area contributed by atoms with Gasteiger partial charge in [0.15, 0.2) is 0 Å². The molecule has 18 heavy (non-hydrogen) atoms. The van der Waals surface area contributed by atoms with E-state index in [1.54, 1.807) is 12.1 Å². The highest BCUT2D eigenvalue weighted by atomic mass is 16.5. The Morgan fingerprint density at radius 3 is 3.17 bits per heavy atom. The predicted octanol–water partition coefficient (Wildman–Crippen LogP) is 0.843. The maximum Gasteiger partial charge on any atom is 0.265 e. The fourth-order valence-corrected chi connectivity index (χ4v) is 1.94. The van der Waals surface area contributed by atoms with E-state index in [4.69, 9.17) is 15.3 Å². The van der Waals surface area contributed by atoms with Gasteiger partial charge in [0, 0.05) is 18.1 Å². The number of carbonyl (C=O) groups is 1. The average Bonchev–Trinajstić information content (AvgIpc) is 2.91. The first-order valence-corrected chi connectivity index (χ1v) is 6.05. The van der Waals surface area contributed by atoms with Gasteiger partial charge in [-0.15, -0.1) is 0 Å². The molecule has 2 rings (SSSR count). The molecule has 5 nitrogen and oxygen atoms in total. The van der Waals surface area contributed by atoms with Gasteiger partial charge < -0.3 is 9.47 Å². The van der Waals surface area contributed by atoms with E-state index in [9.17, 15) is 4.79 Å². The third kappa shape index (κ3) is 3.53. The van der Waals surface area contributed by atoms with Crippen LogP contribution in [0.25, 0.3) is 0 Å². The van der Waals surface area contributed by atoms with E-state index in [1.807, 2.05) is 12.1 Å². The lowest BCUT2D eigenvalue weighted by atomic mass is 10.1. The number of hydrogen-bond donors (Lipinski definition) is 2. The molecular weight excluding hydrogens is 232 g/mol. The number of carbonyl (C=O) groups excluding carboxylic acids is 1. The van der Waals surface area contributed by atoms with Crippen LogP contribution in [0.15, 0.2) is 24.3 Å². The second-order valence-electron chi connectivity index (χ2n) is 4.42. The van der Waals surface area contributed by atoms with Gasteiger partial charge in [0.25, 0.3) is 5.91 Å². The Kier molecular flexibility index (Phi) is 4.69. The normalized spacial score (nSPS) is 18.8. The van der Waals surface area contributed by atoms with E-state index in [0.29, 0.717) is 24.7 Å². The summed E-state index contributed by atoms with van der Waals surface area (Å²) in [6.45, 7) is 2.82. The summed E-state index contributed by atoms with van der Waals surface area (Å²) in [5.74, 6) is 5.30. The largest absolute Gasteiger partial charge is 0.381 e. The lowest BCUT2D eigenvalue weighted by molar-refractivity contribution is 0.0790. The third-order valence-corrected chi connectivity index (χ3v) is 2.97. The van der Waals surface area contributed by atoms with Crippen molar-refractivity contribution in [2.45, 2.75) is 13.0 Å². The van der Waals surface area contributed by atoms with E-state index in [1.165, 1.54) is 0 Å². The van der Waals surface area contributed by atoms with E-state index in [2.05, 4.69) is 5.43 Å². The minimum absolute atomic E-state index is 0.291. The molecule has 98 valence electrons. The van der Waals surface area contributed by atoms with E-state index >= 15 is 0 Å². The summed E-state index contributed by atoms with van der Waals surface area (Å²) >= 11 is 0. The molecule has 5 heteroatoms. The molecule has 0 radical (unpaired) electrons. The second-order valence-corrected chi connectivity index (χ2v) is 4.42. The minimum atomic E-state index is -0.291. The van der Waals surface area contributed by atoms with Crippen molar-refractivity contribution in [1.29, 1.82) is 0 Å². The van der Waals surface area contributed by atoms with Gasteiger partial charge in [0.1, 0.15) is 0 Å². The molecule has 1 aromatic rings. The van der Waals surface area contributed by atoms with Gasteiger partial charge in [0.2, 0.25) is 0 Å². The Hall–Kier alpha value is -1.43. The molecule has 0 bridgehead atoms. The number of amides is 1. The summed E-state index contributed by atoms with van der Waals surface area (Å²) in [4.78, 5) is 11.4. The van der Waals surface area contributed by atoms with Crippen LogP contribution in [-0.2, 0) is 16.1 Å². The van der Waals surface area contributed by atoms with Crippen molar-refractivity contribution >= 4 is 5.91 Å². The summed E-state index contributed by atoms with van der Waals surface area (Å²) in [5, 5.41) is 0. The summed E-state index contributed by atoms with van der Waals surface area (Å²) in [6, 6.07) is 7.25. The van der Waals surface area contributed by atoms with Crippen molar-refractivity contribution in [1.82, 2.24) is 5.43 Å². The molecule has 1 aliphatic heterocycles. The monoisotopic (exact) mass is 250 g/mol. The number of nitrogens with one attached hydrogen (secondary N) is 1. The summed E-state index contributed by atoms with van der Waals surface area (Å²) < 4.78 is 10.9. The van der Waals surface area contributed by atoms with Crippen LogP contribution in [0, 0.1) is 5.92 Å². The Labute approximate surface area is 106 Å². The number of benzene rings is 1. The lowest BCUT2D eigenvalue weighted by Gasteiger charge is -2.09. The van der Waals surface area contributed by atoms with Crippen molar-refractivity contribution < 1.29 is 14.3 Å². The Bertz CT molecular complexity index is 403. The molecule has 1 aromatic carbocycles. The molecule has 1 unspecified atom stereocenters. The zero-order chi connectivity index (χ0) is 12.8. The van der Waals surface area contributed by atoms with Crippen molar-refractivity contribution in [3.05, 3.63) is 35.4 Å².